The van der Waals surface area contributed by atoms with Crippen LogP contribution in [0.15, 0.2) is 40.8 Å². The van der Waals surface area contributed by atoms with Gasteiger partial charge in [-0.2, -0.15) is 13.2 Å². The van der Waals surface area contributed by atoms with Gasteiger partial charge in [-0.1, -0.05) is 38.1 Å². The standard InChI is InChI=1S/C26H30F3N3O4/c1-14(2)11-18-23(33)30-21(17-12-15-7-5-6-8-16(15)13-17)24(34)32(18)22(25(35)31(3)4)19-9-10-20(36-19)26(27,28)29/h5-10,14,17-18,21-22H,11-13H2,1-4H3,(H,30,33)/t18-,21-,22?/m1/s1. The molecule has 1 fully saturated rings. The Hall–Kier alpha value is -3.30. The van der Waals surface area contributed by atoms with Crippen molar-refractivity contribution in [2.45, 2.75) is 57.4 Å². The molecule has 0 bridgehead atoms. The van der Waals surface area contributed by atoms with Crippen LogP contribution in [0.1, 0.15) is 49.0 Å². The number of carbonyl (C=O) groups is 3. The van der Waals surface area contributed by atoms with Crippen LogP contribution in [0.2, 0.25) is 0 Å². The van der Waals surface area contributed by atoms with Gasteiger partial charge in [0.15, 0.2) is 6.04 Å². The first-order valence-electron chi connectivity index (χ1n) is 12.0. The van der Waals surface area contributed by atoms with Gasteiger partial charge in [0, 0.05) is 14.1 Å². The van der Waals surface area contributed by atoms with Gasteiger partial charge < -0.3 is 19.5 Å². The fourth-order valence-corrected chi connectivity index (χ4v) is 5.15. The maximum absolute atomic E-state index is 14.0. The molecule has 1 saturated heterocycles. The van der Waals surface area contributed by atoms with E-state index in [1.165, 1.54) is 19.0 Å². The number of carbonyl (C=O) groups excluding carboxylic acids is 3. The molecule has 2 aliphatic rings. The molecule has 7 nitrogen and oxygen atoms in total. The van der Waals surface area contributed by atoms with Gasteiger partial charge in [-0.15, -0.1) is 0 Å². The first-order valence-corrected chi connectivity index (χ1v) is 12.0. The van der Waals surface area contributed by atoms with Gasteiger partial charge in [0.2, 0.25) is 17.6 Å². The highest BCUT2D eigenvalue weighted by Crippen LogP contribution is 2.38. The summed E-state index contributed by atoms with van der Waals surface area (Å²) in [6, 6.07) is 6.11. The van der Waals surface area contributed by atoms with Crippen molar-refractivity contribution in [3.63, 3.8) is 0 Å². The van der Waals surface area contributed by atoms with Crippen molar-refractivity contribution >= 4 is 17.7 Å². The molecule has 36 heavy (non-hydrogen) atoms. The van der Waals surface area contributed by atoms with Crippen molar-refractivity contribution in [2.75, 3.05) is 14.1 Å². The van der Waals surface area contributed by atoms with Crippen molar-refractivity contribution in [1.29, 1.82) is 0 Å². The number of halogens is 3. The normalized spacial score (nSPS) is 21.5. The van der Waals surface area contributed by atoms with Crippen LogP contribution in [0.25, 0.3) is 0 Å². The van der Waals surface area contributed by atoms with E-state index >= 15 is 0 Å². The van der Waals surface area contributed by atoms with Crippen LogP contribution >= 0.6 is 0 Å². The van der Waals surface area contributed by atoms with Crippen LogP contribution in [0, 0.1) is 11.8 Å². The van der Waals surface area contributed by atoms with Gasteiger partial charge in [0.25, 0.3) is 5.91 Å². The zero-order valence-corrected chi connectivity index (χ0v) is 20.6. The Kier molecular flexibility index (Phi) is 6.90. The molecule has 1 aromatic carbocycles. The summed E-state index contributed by atoms with van der Waals surface area (Å²) in [4.78, 5) is 43.1. The molecule has 0 saturated carbocycles. The predicted octanol–water partition coefficient (Wildman–Crippen LogP) is 3.58. The minimum atomic E-state index is -4.76. The fourth-order valence-electron chi connectivity index (χ4n) is 5.15. The summed E-state index contributed by atoms with van der Waals surface area (Å²) >= 11 is 0. The lowest BCUT2D eigenvalue weighted by Crippen LogP contribution is -2.67. The summed E-state index contributed by atoms with van der Waals surface area (Å²) in [5, 5.41) is 2.87. The van der Waals surface area contributed by atoms with E-state index in [2.05, 4.69) is 5.32 Å². The molecule has 1 aliphatic carbocycles. The lowest BCUT2D eigenvalue weighted by molar-refractivity contribution is -0.162. The number of alkyl halides is 3. The average Bonchev–Trinajstić information content (AvgIpc) is 3.45. The fraction of sp³-hybridized carbons (Fsp3) is 0.500. The van der Waals surface area contributed by atoms with Crippen molar-refractivity contribution in [2.24, 2.45) is 11.8 Å². The smallest absolute Gasteiger partial charge is 0.449 e. The largest absolute Gasteiger partial charge is 0.454 e. The number of hydrogen-bond acceptors (Lipinski definition) is 4. The minimum Gasteiger partial charge on any atom is -0.454 e. The van der Waals surface area contributed by atoms with E-state index in [0.29, 0.717) is 12.8 Å². The summed E-state index contributed by atoms with van der Waals surface area (Å²) in [5.74, 6) is -3.44. The molecular formula is C26H30F3N3O4. The van der Waals surface area contributed by atoms with Crippen molar-refractivity contribution in [3.8, 4) is 0 Å². The average molecular weight is 506 g/mol. The Labute approximate surface area is 207 Å². The number of nitrogens with one attached hydrogen (secondary N) is 1. The second-order valence-corrected chi connectivity index (χ2v) is 10.1. The van der Waals surface area contributed by atoms with Gasteiger partial charge >= 0.3 is 6.18 Å². The molecular weight excluding hydrogens is 475 g/mol. The number of amides is 3. The SMILES string of the molecule is CC(C)C[C@@H]1C(=O)N[C@H](C2Cc3ccccc3C2)C(=O)N1C(C(=O)N(C)C)c1ccc(C(F)(F)F)o1. The molecule has 2 aromatic rings. The van der Waals surface area contributed by atoms with Crippen LogP contribution in [-0.2, 0) is 33.4 Å². The maximum Gasteiger partial charge on any atom is 0.449 e. The number of nitrogens with zero attached hydrogens (tertiary/aromatic N) is 2. The Morgan fingerprint density at radius 2 is 1.72 bits per heavy atom. The van der Waals surface area contributed by atoms with Crippen LogP contribution in [0.4, 0.5) is 13.2 Å². The number of fused-ring (bicyclic) bond motifs is 1. The Morgan fingerprint density at radius 1 is 1.11 bits per heavy atom. The summed E-state index contributed by atoms with van der Waals surface area (Å²) < 4.78 is 45.0. The molecule has 194 valence electrons. The zero-order valence-electron chi connectivity index (χ0n) is 20.6. The molecule has 2 heterocycles. The first-order chi connectivity index (χ1) is 16.9. The summed E-state index contributed by atoms with van der Waals surface area (Å²) in [7, 11) is 2.89. The van der Waals surface area contributed by atoms with Crippen LogP contribution in [-0.4, -0.2) is 53.7 Å². The molecule has 1 aliphatic heterocycles. The number of piperazine rings is 1. The molecule has 1 aromatic heterocycles. The summed E-state index contributed by atoms with van der Waals surface area (Å²) in [6.45, 7) is 3.74. The van der Waals surface area contributed by atoms with E-state index in [9.17, 15) is 27.6 Å². The minimum absolute atomic E-state index is 0.0271. The van der Waals surface area contributed by atoms with Crippen LogP contribution in [0.3, 0.4) is 0 Å². The third kappa shape index (κ3) is 4.85. The van der Waals surface area contributed by atoms with E-state index < -0.39 is 47.8 Å². The topological polar surface area (TPSA) is 82.9 Å². The van der Waals surface area contributed by atoms with Gasteiger partial charge in [0.1, 0.15) is 17.8 Å². The van der Waals surface area contributed by atoms with Crippen LogP contribution in [0.5, 0.6) is 0 Å². The highest BCUT2D eigenvalue weighted by molar-refractivity contribution is 6.00. The van der Waals surface area contributed by atoms with E-state index in [1.807, 2.05) is 38.1 Å². The molecule has 3 amide bonds. The van der Waals surface area contributed by atoms with Gasteiger partial charge in [0.05, 0.1) is 0 Å². The van der Waals surface area contributed by atoms with E-state index in [0.717, 1.165) is 28.2 Å². The Balaban J connectivity index is 1.76. The first kappa shape index (κ1) is 25.8. The summed E-state index contributed by atoms with van der Waals surface area (Å²) in [5.41, 5.74) is 2.17. The summed E-state index contributed by atoms with van der Waals surface area (Å²) in [6.07, 6.45) is -3.39. The zero-order chi connectivity index (χ0) is 26.4. The van der Waals surface area contributed by atoms with Gasteiger partial charge in [-0.25, -0.2) is 0 Å². The Bertz CT molecular complexity index is 1130. The second kappa shape index (κ2) is 9.63. The lowest BCUT2D eigenvalue weighted by atomic mass is 9.88. The highest BCUT2D eigenvalue weighted by atomic mass is 19.4. The quantitative estimate of drug-likeness (QED) is 0.651. The molecule has 0 radical (unpaired) electrons. The van der Waals surface area contributed by atoms with Crippen molar-refractivity contribution in [1.82, 2.24) is 15.1 Å². The van der Waals surface area contributed by atoms with Crippen molar-refractivity contribution in [3.05, 3.63) is 59.0 Å². The van der Waals surface area contributed by atoms with E-state index in [-0.39, 0.29) is 24.0 Å². The van der Waals surface area contributed by atoms with E-state index in [1.54, 1.807) is 0 Å². The molecule has 4 rings (SSSR count). The molecule has 3 atom stereocenters. The third-order valence-corrected chi connectivity index (χ3v) is 6.83. The number of hydrogen-bond donors (Lipinski definition) is 1. The molecule has 0 spiro atoms. The monoisotopic (exact) mass is 505 g/mol. The lowest BCUT2D eigenvalue weighted by Gasteiger charge is -2.44. The maximum atomic E-state index is 14.0. The number of benzene rings is 1. The number of rotatable bonds is 6. The van der Waals surface area contributed by atoms with Crippen molar-refractivity contribution < 1.29 is 32.0 Å². The highest BCUT2D eigenvalue weighted by Gasteiger charge is 2.51. The predicted molar refractivity (Wildman–Crippen MR) is 125 cm³/mol. The Morgan fingerprint density at radius 3 is 2.22 bits per heavy atom. The van der Waals surface area contributed by atoms with Gasteiger partial charge in [-0.3, -0.25) is 14.4 Å². The van der Waals surface area contributed by atoms with Gasteiger partial charge in [-0.05, 0) is 54.4 Å². The molecule has 1 N–H and O–H groups in total. The molecule has 1 unspecified atom stereocenters. The number of likely N-dealkylation sites (N-methyl/N-ethyl adjacent to an activating group) is 1. The third-order valence-electron chi connectivity index (χ3n) is 6.83. The molecule has 10 heteroatoms. The van der Waals surface area contributed by atoms with Crippen LogP contribution < -0.4 is 5.32 Å². The second-order valence-electron chi connectivity index (χ2n) is 10.1. The number of furan rings is 1. The van der Waals surface area contributed by atoms with E-state index in [4.69, 9.17) is 4.42 Å².